The molecule has 0 unspecified atom stereocenters. The number of nitrogens with one attached hydrogen (secondary N) is 1. The number of furan rings is 1. The van der Waals surface area contributed by atoms with E-state index in [9.17, 15) is 4.79 Å². The Morgan fingerprint density at radius 2 is 1.96 bits per heavy atom. The van der Waals surface area contributed by atoms with E-state index in [1.165, 1.54) is 5.56 Å². The molecule has 0 aliphatic carbocycles. The molecule has 1 N–H and O–H groups in total. The maximum atomic E-state index is 11.9. The highest BCUT2D eigenvalue weighted by molar-refractivity contribution is 5.90. The third-order valence-electron chi connectivity index (χ3n) is 3.59. The Hall–Kier alpha value is -2.74. The summed E-state index contributed by atoms with van der Waals surface area (Å²) in [6.07, 6.45) is 0.885. The topological polar surface area (TPSA) is 75.3 Å². The number of amides is 1. The molecule has 1 aromatic carbocycles. The quantitative estimate of drug-likeness (QED) is 0.821. The minimum absolute atomic E-state index is 0.192. The number of ether oxygens (including phenoxy) is 1. The fourth-order valence-corrected chi connectivity index (χ4v) is 2.10. The number of nitriles is 1. The molecule has 1 amide bonds. The van der Waals surface area contributed by atoms with Gasteiger partial charge in [0.2, 0.25) is 11.8 Å². The number of anilines is 1. The number of carbonyl (C=O) groups is 1. The van der Waals surface area contributed by atoms with Crippen LogP contribution in [0.1, 0.15) is 35.3 Å². The van der Waals surface area contributed by atoms with Crippen LogP contribution >= 0.6 is 0 Å². The number of nitrogens with zero attached hydrogens (tertiary/aromatic N) is 1. The molecule has 0 aliphatic heterocycles. The molecule has 2 aromatic rings. The van der Waals surface area contributed by atoms with Crippen LogP contribution in [0, 0.1) is 32.1 Å². The lowest BCUT2D eigenvalue weighted by Crippen LogP contribution is -2.13. The van der Waals surface area contributed by atoms with Crippen LogP contribution in [0.4, 0.5) is 5.88 Å². The maximum Gasteiger partial charge on any atom is 0.226 e. The van der Waals surface area contributed by atoms with E-state index < -0.39 is 0 Å². The Morgan fingerprint density at radius 3 is 2.61 bits per heavy atom. The lowest BCUT2D eigenvalue weighted by Gasteiger charge is -2.06. The fraction of sp³-hybridized carbons (Fsp3) is 0.333. The Bertz CT molecular complexity index is 724. The molecule has 1 heterocycles. The molecule has 0 atom stereocenters. The van der Waals surface area contributed by atoms with Crippen LogP contribution in [0.25, 0.3) is 0 Å². The van der Waals surface area contributed by atoms with Gasteiger partial charge in [0.25, 0.3) is 0 Å². The SMILES string of the molecule is Cc1ccc(OCCCC(=O)Nc2oc(C)c(C)c2C#N)cc1. The molecular formula is C18H20N2O3. The highest BCUT2D eigenvalue weighted by Gasteiger charge is 2.16. The Labute approximate surface area is 135 Å². The predicted octanol–water partition coefficient (Wildman–Crippen LogP) is 3.87. The first-order valence-corrected chi connectivity index (χ1v) is 7.50. The van der Waals surface area contributed by atoms with E-state index in [0.717, 1.165) is 11.3 Å². The second kappa shape index (κ2) is 7.50. The molecule has 1 aromatic heterocycles. The zero-order valence-electron chi connectivity index (χ0n) is 13.6. The van der Waals surface area contributed by atoms with Crippen LogP contribution in [-0.2, 0) is 4.79 Å². The maximum absolute atomic E-state index is 11.9. The van der Waals surface area contributed by atoms with E-state index in [1.807, 2.05) is 31.2 Å². The van der Waals surface area contributed by atoms with Crippen LogP contribution in [0.15, 0.2) is 28.7 Å². The molecule has 2 rings (SSSR count). The average Bonchev–Trinajstić information content (AvgIpc) is 2.79. The largest absolute Gasteiger partial charge is 0.494 e. The van der Waals surface area contributed by atoms with Crippen LogP contribution in [-0.4, -0.2) is 12.5 Å². The van der Waals surface area contributed by atoms with Gasteiger partial charge in [0.1, 0.15) is 23.1 Å². The van der Waals surface area contributed by atoms with Crippen LogP contribution in [0.3, 0.4) is 0 Å². The van der Waals surface area contributed by atoms with E-state index in [0.29, 0.717) is 30.8 Å². The molecule has 0 radical (unpaired) electrons. The first-order chi connectivity index (χ1) is 11.0. The van der Waals surface area contributed by atoms with Crippen molar-refractivity contribution >= 4 is 11.8 Å². The summed E-state index contributed by atoms with van der Waals surface area (Å²) in [7, 11) is 0. The van der Waals surface area contributed by atoms with Crippen molar-refractivity contribution in [1.82, 2.24) is 0 Å². The number of carbonyl (C=O) groups excluding carboxylic acids is 1. The smallest absolute Gasteiger partial charge is 0.226 e. The standard InChI is InChI=1S/C18H20N2O3/c1-12-6-8-15(9-7-12)22-10-4-5-17(21)20-18-16(11-19)13(2)14(3)23-18/h6-9H,4-5,10H2,1-3H3,(H,20,21). The predicted molar refractivity (Wildman–Crippen MR) is 87.4 cm³/mol. The summed E-state index contributed by atoms with van der Waals surface area (Å²) in [5, 5.41) is 11.7. The summed E-state index contributed by atoms with van der Waals surface area (Å²) >= 11 is 0. The monoisotopic (exact) mass is 312 g/mol. The highest BCUT2D eigenvalue weighted by Crippen LogP contribution is 2.25. The van der Waals surface area contributed by atoms with Crippen molar-refractivity contribution in [2.45, 2.75) is 33.6 Å². The third-order valence-corrected chi connectivity index (χ3v) is 3.59. The van der Waals surface area contributed by atoms with Gasteiger partial charge < -0.3 is 9.15 Å². The molecule has 120 valence electrons. The van der Waals surface area contributed by atoms with Crippen molar-refractivity contribution in [2.24, 2.45) is 0 Å². The number of benzene rings is 1. The van der Waals surface area contributed by atoms with E-state index in [1.54, 1.807) is 13.8 Å². The summed E-state index contributed by atoms with van der Waals surface area (Å²) in [4.78, 5) is 11.9. The molecule has 0 saturated heterocycles. The Balaban J connectivity index is 1.78. The lowest BCUT2D eigenvalue weighted by molar-refractivity contribution is -0.116. The number of rotatable bonds is 6. The number of hydrogen-bond donors (Lipinski definition) is 1. The van der Waals surface area contributed by atoms with E-state index in [2.05, 4.69) is 11.4 Å². The molecule has 0 fully saturated rings. The molecule has 0 spiro atoms. The van der Waals surface area contributed by atoms with Crippen molar-refractivity contribution in [2.75, 3.05) is 11.9 Å². The molecule has 0 bridgehead atoms. The molecule has 0 saturated carbocycles. The summed E-state index contributed by atoms with van der Waals surface area (Å²) in [6.45, 7) is 6.03. The minimum Gasteiger partial charge on any atom is -0.494 e. The highest BCUT2D eigenvalue weighted by atomic mass is 16.5. The molecule has 0 aliphatic rings. The minimum atomic E-state index is -0.192. The van der Waals surface area contributed by atoms with Crippen molar-refractivity contribution in [3.8, 4) is 11.8 Å². The normalized spacial score (nSPS) is 10.2. The molecule has 5 nitrogen and oxygen atoms in total. The Kier molecular flexibility index (Phi) is 5.42. The molecule has 5 heteroatoms. The van der Waals surface area contributed by atoms with Gasteiger partial charge in [-0.15, -0.1) is 0 Å². The van der Waals surface area contributed by atoms with Crippen molar-refractivity contribution in [3.63, 3.8) is 0 Å². The first-order valence-electron chi connectivity index (χ1n) is 7.50. The van der Waals surface area contributed by atoms with Crippen molar-refractivity contribution in [3.05, 3.63) is 46.7 Å². The molecular weight excluding hydrogens is 292 g/mol. The van der Waals surface area contributed by atoms with Crippen LogP contribution in [0.2, 0.25) is 0 Å². The van der Waals surface area contributed by atoms with Gasteiger partial charge in [0.05, 0.1) is 6.61 Å². The average molecular weight is 312 g/mol. The first kappa shape index (κ1) is 16.6. The van der Waals surface area contributed by atoms with Gasteiger partial charge in [0, 0.05) is 12.0 Å². The zero-order chi connectivity index (χ0) is 16.8. The second-order valence-corrected chi connectivity index (χ2v) is 5.41. The second-order valence-electron chi connectivity index (χ2n) is 5.41. The summed E-state index contributed by atoms with van der Waals surface area (Å²) in [5.41, 5.74) is 2.31. The van der Waals surface area contributed by atoms with E-state index >= 15 is 0 Å². The fourth-order valence-electron chi connectivity index (χ4n) is 2.10. The number of hydrogen-bond acceptors (Lipinski definition) is 4. The van der Waals surface area contributed by atoms with Crippen LogP contribution < -0.4 is 10.1 Å². The van der Waals surface area contributed by atoms with Crippen LogP contribution in [0.5, 0.6) is 5.75 Å². The van der Waals surface area contributed by atoms with Gasteiger partial charge in [0.15, 0.2) is 0 Å². The Morgan fingerprint density at radius 1 is 1.26 bits per heavy atom. The zero-order valence-corrected chi connectivity index (χ0v) is 13.6. The van der Waals surface area contributed by atoms with E-state index in [4.69, 9.17) is 14.4 Å². The van der Waals surface area contributed by atoms with Crippen molar-refractivity contribution in [1.29, 1.82) is 5.26 Å². The summed E-state index contributed by atoms with van der Waals surface area (Å²) in [5.74, 6) is 1.47. The van der Waals surface area contributed by atoms with E-state index in [-0.39, 0.29) is 11.8 Å². The van der Waals surface area contributed by atoms with Crippen molar-refractivity contribution < 1.29 is 13.9 Å². The van der Waals surface area contributed by atoms with Gasteiger partial charge in [-0.2, -0.15) is 5.26 Å². The summed E-state index contributed by atoms with van der Waals surface area (Å²) in [6, 6.07) is 9.82. The van der Waals surface area contributed by atoms with Gasteiger partial charge in [-0.05, 0) is 39.3 Å². The summed E-state index contributed by atoms with van der Waals surface area (Å²) < 4.78 is 11.0. The number of aryl methyl sites for hydroxylation is 2. The van der Waals surface area contributed by atoms with Gasteiger partial charge in [-0.1, -0.05) is 17.7 Å². The lowest BCUT2D eigenvalue weighted by atomic mass is 10.2. The van der Waals surface area contributed by atoms with Gasteiger partial charge in [-0.3, -0.25) is 10.1 Å². The third kappa shape index (κ3) is 4.36. The van der Waals surface area contributed by atoms with Gasteiger partial charge in [-0.25, -0.2) is 0 Å². The molecule has 23 heavy (non-hydrogen) atoms. The van der Waals surface area contributed by atoms with Gasteiger partial charge >= 0.3 is 0 Å².